The van der Waals surface area contributed by atoms with Crippen LogP contribution in [0.5, 0.6) is 0 Å². The topological polar surface area (TPSA) is 15.3 Å². The second-order valence-electron chi connectivity index (χ2n) is 6.06. The molecule has 0 amide bonds. The van der Waals surface area contributed by atoms with Gasteiger partial charge in [-0.15, -0.1) is 0 Å². The largest absolute Gasteiger partial charge is 0.312 e. The highest BCUT2D eigenvalue weighted by Gasteiger charge is 2.37. The first kappa shape index (κ1) is 12.4. The molecule has 0 spiro atoms. The van der Waals surface area contributed by atoms with Gasteiger partial charge in [-0.25, -0.2) is 0 Å². The van der Waals surface area contributed by atoms with Crippen molar-refractivity contribution in [3.63, 3.8) is 0 Å². The fraction of sp³-hybridized carbons (Fsp3) is 1.00. The first-order valence-electron chi connectivity index (χ1n) is 7.09. The Labute approximate surface area is 101 Å². The molecule has 2 aliphatic carbocycles. The van der Waals surface area contributed by atoms with Gasteiger partial charge in [-0.2, -0.15) is 0 Å². The fourth-order valence-corrected chi connectivity index (χ4v) is 3.28. The molecule has 2 saturated carbocycles. The summed E-state index contributed by atoms with van der Waals surface area (Å²) in [5, 5.41) is 3.85. The summed E-state index contributed by atoms with van der Waals surface area (Å²) in [5.74, 6) is 0.991. The Morgan fingerprint density at radius 2 is 1.88 bits per heavy atom. The van der Waals surface area contributed by atoms with Crippen molar-refractivity contribution in [2.75, 3.05) is 20.6 Å². The van der Waals surface area contributed by atoms with Crippen LogP contribution in [-0.2, 0) is 0 Å². The summed E-state index contributed by atoms with van der Waals surface area (Å²) in [7, 11) is 4.51. The van der Waals surface area contributed by atoms with E-state index in [0.717, 1.165) is 12.0 Å². The standard InChI is InChI=1S/C14H28N2/c1-4-13(12-7-8-12)15-11-14(16(2)3)9-5-6-10-14/h12-13,15H,4-11H2,1-3H3. The van der Waals surface area contributed by atoms with Gasteiger partial charge in [0, 0.05) is 18.1 Å². The van der Waals surface area contributed by atoms with Crippen molar-refractivity contribution in [3.8, 4) is 0 Å². The van der Waals surface area contributed by atoms with E-state index in [4.69, 9.17) is 0 Å². The minimum atomic E-state index is 0.461. The smallest absolute Gasteiger partial charge is 0.0327 e. The Hall–Kier alpha value is -0.0800. The van der Waals surface area contributed by atoms with Crippen LogP contribution in [0, 0.1) is 5.92 Å². The zero-order valence-corrected chi connectivity index (χ0v) is 11.3. The van der Waals surface area contributed by atoms with Crippen LogP contribution in [0.4, 0.5) is 0 Å². The third-order valence-electron chi connectivity index (χ3n) is 4.81. The zero-order valence-electron chi connectivity index (χ0n) is 11.3. The van der Waals surface area contributed by atoms with E-state index in [0.29, 0.717) is 5.54 Å². The molecule has 2 aliphatic rings. The molecular weight excluding hydrogens is 196 g/mol. The zero-order chi connectivity index (χ0) is 11.6. The number of hydrogen-bond donors (Lipinski definition) is 1. The van der Waals surface area contributed by atoms with Crippen molar-refractivity contribution >= 4 is 0 Å². The molecule has 0 bridgehead atoms. The molecule has 2 heteroatoms. The summed E-state index contributed by atoms with van der Waals surface area (Å²) in [6.45, 7) is 3.53. The summed E-state index contributed by atoms with van der Waals surface area (Å²) >= 11 is 0. The molecule has 94 valence electrons. The molecule has 1 atom stereocenters. The number of likely N-dealkylation sites (N-methyl/N-ethyl adjacent to an activating group) is 1. The van der Waals surface area contributed by atoms with Crippen LogP contribution in [0.15, 0.2) is 0 Å². The summed E-state index contributed by atoms with van der Waals surface area (Å²) < 4.78 is 0. The lowest BCUT2D eigenvalue weighted by Crippen LogP contribution is -2.52. The molecule has 1 unspecified atom stereocenters. The van der Waals surface area contributed by atoms with E-state index in [-0.39, 0.29) is 0 Å². The Kier molecular flexibility index (Phi) is 3.91. The average Bonchev–Trinajstić information content (AvgIpc) is 2.97. The molecule has 2 nitrogen and oxygen atoms in total. The van der Waals surface area contributed by atoms with Crippen LogP contribution in [0.25, 0.3) is 0 Å². The number of nitrogens with one attached hydrogen (secondary N) is 1. The van der Waals surface area contributed by atoms with E-state index in [1.54, 1.807) is 0 Å². The highest BCUT2D eigenvalue weighted by molar-refractivity contribution is 4.96. The van der Waals surface area contributed by atoms with Gasteiger partial charge in [0.05, 0.1) is 0 Å². The predicted octanol–water partition coefficient (Wildman–Crippen LogP) is 2.64. The van der Waals surface area contributed by atoms with E-state index in [9.17, 15) is 0 Å². The molecule has 0 aromatic heterocycles. The summed E-state index contributed by atoms with van der Waals surface area (Å²) in [6.07, 6.45) is 9.82. The van der Waals surface area contributed by atoms with Crippen molar-refractivity contribution in [1.82, 2.24) is 10.2 Å². The first-order valence-corrected chi connectivity index (χ1v) is 7.09. The number of nitrogens with zero attached hydrogens (tertiary/aromatic N) is 1. The SMILES string of the molecule is CCC(NCC1(N(C)C)CCCC1)C1CC1. The van der Waals surface area contributed by atoms with E-state index >= 15 is 0 Å². The lowest BCUT2D eigenvalue weighted by atomic mass is 9.95. The lowest BCUT2D eigenvalue weighted by Gasteiger charge is -2.38. The van der Waals surface area contributed by atoms with Crippen molar-refractivity contribution in [2.45, 2.75) is 63.5 Å². The monoisotopic (exact) mass is 224 g/mol. The van der Waals surface area contributed by atoms with Gasteiger partial charge in [0.2, 0.25) is 0 Å². The third-order valence-corrected chi connectivity index (χ3v) is 4.81. The quantitative estimate of drug-likeness (QED) is 0.746. The molecule has 0 radical (unpaired) electrons. The van der Waals surface area contributed by atoms with Crippen molar-refractivity contribution in [1.29, 1.82) is 0 Å². The van der Waals surface area contributed by atoms with Crippen LogP contribution in [0.2, 0.25) is 0 Å². The van der Waals surface area contributed by atoms with Gasteiger partial charge in [-0.05, 0) is 52.1 Å². The highest BCUT2D eigenvalue weighted by Crippen LogP contribution is 2.36. The van der Waals surface area contributed by atoms with Gasteiger partial charge < -0.3 is 10.2 Å². The van der Waals surface area contributed by atoms with Gasteiger partial charge in [-0.3, -0.25) is 0 Å². The van der Waals surface area contributed by atoms with Crippen LogP contribution in [0.1, 0.15) is 51.9 Å². The third kappa shape index (κ3) is 2.60. The van der Waals surface area contributed by atoms with Crippen LogP contribution >= 0.6 is 0 Å². The Morgan fingerprint density at radius 1 is 1.25 bits per heavy atom. The van der Waals surface area contributed by atoms with E-state index in [1.807, 2.05) is 0 Å². The van der Waals surface area contributed by atoms with Gasteiger partial charge in [0.15, 0.2) is 0 Å². The van der Waals surface area contributed by atoms with Crippen LogP contribution in [0.3, 0.4) is 0 Å². The molecule has 2 fully saturated rings. The second-order valence-corrected chi connectivity index (χ2v) is 6.06. The number of hydrogen-bond acceptors (Lipinski definition) is 2. The lowest BCUT2D eigenvalue weighted by molar-refractivity contribution is 0.147. The van der Waals surface area contributed by atoms with Crippen molar-refractivity contribution in [3.05, 3.63) is 0 Å². The van der Waals surface area contributed by atoms with Crippen molar-refractivity contribution in [2.24, 2.45) is 5.92 Å². The fourth-order valence-electron chi connectivity index (χ4n) is 3.28. The Balaban J connectivity index is 1.85. The van der Waals surface area contributed by atoms with E-state index < -0.39 is 0 Å². The van der Waals surface area contributed by atoms with Crippen LogP contribution in [-0.4, -0.2) is 37.1 Å². The Bertz CT molecular complexity index is 215. The predicted molar refractivity (Wildman–Crippen MR) is 69.7 cm³/mol. The molecule has 0 aliphatic heterocycles. The molecule has 1 N–H and O–H groups in total. The summed E-state index contributed by atoms with van der Waals surface area (Å²) in [5.41, 5.74) is 0.461. The maximum Gasteiger partial charge on any atom is 0.0327 e. The first-order chi connectivity index (χ1) is 7.68. The molecular formula is C14H28N2. The molecule has 16 heavy (non-hydrogen) atoms. The Morgan fingerprint density at radius 3 is 2.31 bits per heavy atom. The molecule has 2 rings (SSSR count). The van der Waals surface area contributed by atoms with Crippen LogP contribution < -0.4 is 5.32 Å². The minimum absolute atomic E-state index is 0.461. The summed E-state index contributed by atoms with van der Waals surface area (Å²) in [4.78, 5) is 2.46. The van der Waals surface area contributed by atoms with Gasteiger partial charge in [-0.1, -0.05) is 19.8 Å². The highest BCUT2D eigenvalue weighted by atomic mass is 15.2. The van der Waals surface area contributed by atoms with Gasteiger partial charge in [0.25, 0.3) is 0 Å². The summed E-state index contributed by atoms with van der Waals surface area (Å²) in [6, 6.07) is 0.789. The van der Waals surface area contributed by atoms with Gasteiger partial charge >= 0.3 is 0 Å². The van der Waals surface area contributed by atoms with Crippen molar-refractivity contribution < 1.29 is 0 Å². The molecule has 0 saturated heterocycles. The number of rotatable bonds is 6. The van der Waals surface area contributed by atoms with Gasteiger partial charge in [0.1, 0.15) is 0 Å². The minimum Gasteiger partial charge on any atom is -0.312 e. The van der Waals surface area contributed by atoms with E-state index in [2.05, 4.69) is 31.2 Å². The molecule has 0 aromatic rings. The normalized spacial score (nSPS) is 26.2. The molecule has 0 aromatic carbocycles. The maximum absolute atomic E-state index is 3.85. The average molecular weight is 224 g/mol. The molecule has 0 heterocycles. The van der Waals surface area contributed by atoms with E-state index in [1.165, 1.54) is 51.5 Å². The second kappa shape index (κ2) is 5.05. The maximum atomic E-state index is 3.85.